The molecule has 218 valence electrons. The minimum absolute atomic E-state index is 0.0568. The van der Waals surface area contributed by atoms with Crippen molar-refractivity contribution < 1.29 is 21.6 Å². The highest BCUT2D eigenvalue weighted by molar-refractivity contribution is 7.91. The molecule has 1 unspecified atom stereocenters. The van der Waals surface area contributed by atoms with E-state index in [4.69, 9.17) is 23.2 Å². The molecule has 1 aliphatic rings. The summed E-state index contributed by atoms with van der Waals surface area (Å²) in [5.41, 5.74) is -3.41. The summed E-state index contributed by atoms with van der Waals surface area (Å²) in [5.74, 6) is 0.0497. The van der Waals surface area contributed by atoms with Gasteiger partial charge in [0.25, 0.3) is 5.56 Å². The van der Waals surface area contributed by atoms with E-state index in [1.54, 1.807) is 0 Å². The molecule has 14 heteroatoms. The molecule has 0 spiro atoms. The average Bonchev–Trinajstić information content (AvgIpc) is 3.29. The van der Waals surface area contributed by atoms with Crippen molar-refractivity contribution >= 4 is 43.9 Å². The smallest absolute Gasteiger partial charge is 0.309 e. The molecule has 1 atom stereocenters. The van der Waals surface area contributed by atoms with Crippen LogP contribution in [0.15, 0.2) is 38.8 Å². The minimum atomic E-state index is -4.82. The molecule has 1 aliphatic heterocycles. The zero-order chi connectivity index (χ0) is 29.6. The van der Waals surface area contributed by atoms with Crippen LogP contribution in [0.25, 0.3) is 10.9 Å². The first-order chi connectivity index (χ1) is 18.6. The number of benzene rings is 2. The average molecular weight is 622 g/mol. The van der Waals surface area contributed by atoms with E-state index < -0.39 is 44.8 Å². The van der Waals surface area contributed by atoms with Crippen molar-refractivity contribution in [1.29, 1.82) is 0 Å². The van der Waals surface area contributed by atoms with Crippen molar-refractivity contribution in [3.8, 4) is 0 Å². The second-order valence-electron chi connectivity index (χ2n) is 10.3. The maximum atomic E-state index is 14.3. The molecule has 4 rings (SSSR count). The molecule has 0 bridgehead atoms. The van der Waals surface area contributed by atoms with Crippen LogP contribution in [-0.2, 0) is 29.1 Å². The summed E-state index contributed by atoms with van der Waals surface area (Å²) >= 11 is 12.5. The molecule has 0 aliphatic carbocycles. The van der Waals surface area contributed by atoms with Gasteiger partial charge in [0.15, 0.2) is 9.84 Å². The third-order valence-corrected chi connectivity index (χ3v) is 9.55. The van der Waals surface area contributed by atoms with Crippen LogP contribution < -0.4 is 11.2 Å². The van der Waals surface area contributed by atoms with Gasteiger partial charge in [-0.15, -0.1) is 0 Å². The quantitative estimate of drug-likeness (QED) is 0.405. The molecule has 8 nitrogen and oxygen atoms in total. The summed E-state index contributed by atoms with van der Waals surface area (Å²) in [4.78, 5) is 32.7. The van der Waals surface area contributed by atoms with Crippen molar-refractivity contribution in [2.75, 3.05) is 39.5 Å². The number of rotatable bonds is 8. The largest absolute Gasteiger partial charge is 0.416 e. The third kappa shape index (κ3) is 6.25. The number of nitrogens with one attached hydrogen (secondary N) is 1. The molecule has 1 saturated heterocycles. The molecular formula is C26H29Cl2F3N4O4S. The maximum absolute atomic E-state index is 14.3. The van der Waals surface area contributed by atoms with Gasteiger partial charge in [0, 0.05) is 24.7 Å². The molecule has 1 N–H and O–H groups in total. The van der Waals surface area contributed by atoms with Gasteiger partial charge in [0.1, 0.15) is 0 Å². The van der Waals surface area contributed by atoms with Crippen LogP contribution in [0.5, 0.6) is 0 Å². The zero-order valence-electron chi connectivity index (χ0n) is 22.1. The van der Waals surface area contributed by atoms with Crippen LogP contribution >= 0.6 is 23.2 Å². The van der Waals surface area contributed by atoms with E-state index in [-0.39, 0.29) is 43.9 Å². The normalized spacial score (nSPS) is 16.9. The lowest BCUT2D eigenvalue weighted by atomic mass is 10.0. The minimum Gasteiger partial charge on any atom is -0.309 e. The Morgan fingerprint density at radius 3 is 2.45 bits per heavy atom. The molecule has 0 radical (unpaired) electrons. The molecule has 2 aromatic carbocycles. The molecule has 40 heavy (non-hydrogen) atoms. The summed E-state index contributed by atoms with van der Waals surface area (Å²) in [5, 5.41) is -0.620. The summed E-state index contributed by atoms with van der Waals surface area (Å²) in [6.45, 7) is 2.79. The van der Waals surface area contributed by atoms with E-state index in [1.807, 2.05) is 23.9 Å². The summed E-state index contributed by atoms with van der Waals surface area (Å²) in [6, 6.07) is 4.64. The second kappa shape index (κ2) is 11.5. The van der Waals surface area contributed by atoms with Crippen LogP contribution in [0.1, 0.15) is 30.0 Å². The fourth-order valence-corrected chi connectivity index (χ4v) is 6.81. The fraction of sp³-hybridized carbons (Fsp3) is 0.462. The lowest BCUT2D eigenvalue weighted by Crippen LogP contribution is -2.36. The zero-order valence-corrected chi connectivity index (χ0v) is 24.4. The number of aromatic amines is 1. The van der Waals surface area contributed by atoms with Gasteiger partial charge in [-0.3, -0.25) is 14.3 Å². The number of nitrogens with zero attached hydrogens (tertiary/aromatic N) is 3. The first-order valence-electron chi connectivity index (χ1n) is 12.6. The number of sulfone groups is 1. The molecule has 0 saturated carbocycles. The topological polar surface area (TPSA) is 95.5 Å². The van der Waals surface area contributed by atoms with Gasteiger partial charge < -0.3 is 9.88 Å². The number of likely N-dealkylation sites (tertiary alicyclic amines) is 1. The molecule has 2 heterocycles. The van der Waals surface area contributed by atoms with Crippen molar-refractivity contribution in [2.45, 2.75) is 37.5 Å². The van der Waals surface area contributed by atoms with Crippen LogP contribution in [-0.4, -0.2) is 67.3 Å². The van der Waals surface area contributed by atoms with Crippen LogP contribution in [0.3, 0.4) is 0 Å². The Kier molecular flexibility index (Phi) is 8.77. The SMILES string of the molecule is CCS(=O)(=O)c1ccc(Cl)cc1Cn1c(=O)[nH]c2c(Cl)c(CN3CCC(CN(C)C)C3)c(C(F)(F)F)cc2c1=O. The third-order valence-electron chi connectivity index (χ3n) is 7.07. The molecule has 3 aromatic rings. The Labute approximate surface area is 239 Å². The Balaban J connectivity index is 1.83. The fourth-order valence-electron chi connectivity index (χ4n) is 5.19. The number of hydrogen-bond acceptors (Lipinski definition) is 6. The van der Waals surface area contributed by atoms with Gasteiger partial charge in [-0.05, 0) is 68.4 Å². The monoisotopic (exact) mass is 620 g/mol. The number of fused-ring (bicyclic) bond motifs is 1. The number of H-pyrrole nitrogens is 1. The van der Waals surface area contributed by atoms with Gasteiger partial charge in [-0.2, -0.15) is 13.2 Å². The number of hydrogen-bond donors (Lipinski definition) is 1. The predicted octanol–water partition coefficient (Wildman–Crippen LogP) is 4.24. The van der Waals surface area contributed by atoms with E-state index in [2.05, 4.69) is 4.98 Å². The highest BCUT2D eigenvalue weighted by Gasteiger charge is 2.37. The lowest BCUT2D eigenvalue weighted by Gasteiger charge is -2.22. The van der Waals surface area contributed by atoms with Gasteiger partial charge in [-0.1, -0.05) is 30.1 Å². The highest BCUT2D eigenvalue weighted by Crippen LogP contribution is 2.39. The Bertz CT molecular complexity index is 1670. The summed E-state index contributed by atoms with van der Waals surface area (Å²) in [7, 11) is 0.110. The molecule has 0 amide bonds. The van der Waals surface area contributed by atoms with Crippen molar-refractivity contribution in [2.24, 2.45) is 5.92 Å². The Morgan fingerprint density at radius 1 is 1.12 bits per heavy atom. The van der Waals surface area contributed by atoms with Gasteiger partial charge in [-0.25, -0.2) is 13.2 Å². The standard InChI is InChI=1S/C26H29Cl2F3N4O4S/c1-4-40(38,39)21-6-5-17(27)9-16(21)13-35-24(36)18-10-20(26(29,30)31)19(22(28)23(18)32-25(35)37)14-34-8-7-15(12-34)11-33(2)3/h5-6,9-10,15H,4,7-8,11-14H2,1-3H3,(H,32,37). The van der Waals surface area contributed by atoms with Gasteiger partial charge >= 0.3 is 11.9 Å². The van der Waals surface area contributed by atoms with E-state index >= 15 is 0 Å². The lowest BCUT2D eigenvalue weighted by molar-refractivity contribution is -0.138. The van der Waals surface area contributed by atoms with E-state index in [0.717, 1.165) is 13.0 Å². The Hall–Kier alpha value is -2.38. The molecule has 1 fully saturated rings. The van der Waals surface area contributed by atoms with E-state index in [0.29, 0.717) is 29.6 Å². The van der Waals surface area contributed by atoms with Crippen molar-refractivity contribution in [3.63, 3.8) is 0 Å². The first kappa shape index (κ1) is 30.6. The molecule has 1 aromatic heterocycles. The number of halogens is 5. The number of alkyl halides is 3. The first-order valence-corrected chi connectivity index (χ1v) is 15.0. The van der Waals surface area contributed by atoms with Crippen LogP contribution in [0.4, 0.5) is 13.2 Å². The Morgan fingerprint density at radius 2 is 1.82 bits per heavy atom. The van der Waals surface area contributed by atoms with Gasteiger partial charge in [0.2, 0.25) is 0 Å². The predicted molar refractivity (Wildman–Crippen MR) is 149 cm³/mol. The summed E-state index contributed by atoms with van der Waals surface area (Å²) in [6.07, 6.45) is -4.00. The van der Waals surface area contributed by atoms with E-state index in [1.165, 1.54) is 25.1 Å². The summed E-state index contributed by atoms with van der Waals surface area (Å²) < 4.78 is 68.6. The molecular weight excluding hydrogens is 592 g/mol. The van der Waals surface area contributed by atoms with E-state index in [9.17, 15) is 31.2 Å². The number of aromatic nitrogens is 2. The van der Waals surface area contributed by atoms with Crippen LogP contribution in [0, 0.1) is 5.92 Å². The van der Waals surface area contributed by atoms with Gasteiger partial charge in [0.05, 0.1) is 38.7 Å². The highest BCUT2D eigenvalue weighted by atomic mass is 35.5. The second-order valence-corrected chi connectivity index (χ2v) is 13.3. The van der Waals surface area contributed by atoms with Crippen molar-refractivity contribution in [3.05, 3.63) is 71.8 Å². The van der Waals surface area contributed by atoms with Crippen molar-refractivity contribution in [1.82, 2.24) is 19.4 Å². The van der Waals surface area contributed by atoms with Crippen LogP contribution in [0.2, 0.25) is 10.0 Å². The maximum Gasteiger partial charge on any atom is 0.416 e.